The Morgan fingerprint density at radius 1 is 1.21 bits per heavy atom. The van der Waals surface area contributed by atoms with Crippen molar-refractivity contribution in [1.82, 2.24) is 9.69 Å². The first-order valence-electron chi connectivity index (χ1n) is 12.0. The molecule has 4 rings (SSSR count). The van der Waals surface area contributed by atoms with Crippen LogP contribution in [0.15, 0.2) is 42.5 Å². The van der Waals surface area contributed by atoms with E-state index >= 15 is 0 Å². The highest BCUT2D eigenvalue weighted by molar-refractivity contribution is 7.09. The molecule has 13 heteroatoms. The van der Waals surface area contributed by atoms with Crippen molar-refractivity contribution in [1.29, 1.82) is 0 Å². The maximum atomic E-state index is 14.2. The zero-order chi connectivity index (χ0) is 28.1. The van der Waals surface area contributed by atoms with Crippen molar-refractivity contribution in [2.24, 2.45) is 5.73 Å². The SMILES string of the molecule is COc1ccc(N(C(=O)c2snc(C(N)=O)c2N)[C@@H](C(=O)NC[C@H]2CCCO2)c2ccc(O)cc2)c(OC)c1. The molecule has 0 aliphatic carbocycles. The number of nitrogen functional groups attached to an aromatic ring is 1. The van der Waals surface area contributed by atoms with Gasteiger partial charge in [0.05, 0.1) is 31.7 Å². The number of carbonyl (C=O) groups excluding carboxylic acids is 3. The van der Waals surface area contributed by atoms with E-state index in [9.17, 15) is 19.5 Å². The number of phenolic OH excluding ortho intramolecular Hbond substituents is 1. The van der Waals surface area contributed by atoms with E-state index in [1.165, 1.54) is 43.4 Å². The number of nitrogens with two attached hydrogens (primary N) is 2. The topological polar surface area (TPSA) is 179 Å². The van der Waals surface area contributed by atoms with Crippen molar-refractivity contribution in [3.05, 3.63) is 58.6 Å². The fraction of sp³-hybridized carbons (Fsp3) is 0.308. The Balaban J connectivity index is 1.87. The van der Waals surface area contributed by atoms with Gasteiger partial charge in [0.15, 0.2) is 5.69 Å². The Morgan fingerprint density at radius 3 is 2.54 bits per heavy atom. The highest BCUT2D eigenvalue weighted by atomic mass is 32.1. The Bertz CT molecular complexity index is 1360. The lowest BCUT2D eigenvalue weighted by atomic mass is 10.0. The molecular formula is C26H29N5O7S. The van der Waals surface area contributed by atoms with Crippen LogP contribution in [-0.4, -0.2) is 60.7 Å². The summed E-state index contributed by atoms with van der Waals surface area (Å²) in [5.41, 5.74) is 11.7. The maximum Gasteiger partial charge on any atom is 0.273 e. The molecule has 0 unspecified atom stereocenters. The largest absolute Gasteiger partial charge is 0.508 e. The van der Waals surface area contributed by atoms with Gasteiger partial charge in [-0.15, -0.1) is 0 Å². The van der Waals surface area contributed by atoms with E-state index in [1.54, 1.807) is 18.2 Å². The highest BCUT2D eigenvalue weighted by Gasteiger charge is 2.38. The molecule has 2 aromatic carbocycles. The number of nitrogens with zero attached hydrogens (tertiary/aromatic N) is 2. The van der Waals surface area contributed by atoms with Gasteiger partial charge in [-0.05, 0) is 54.2 Å². The van der Waals surface area contributed by atoms with Crippen molar-refractivity contribution in [3.8, 4) is 17.2 Å². The molecule has 6 N–H and O–H groups in total. The van der Waals surface area contributed by atoms with Crippen LogP contribution in [0, 0.1) is 0 Å². The normalized spacial score (nSPS) is 15.4. The number of aromatic hydroxyl groups is 1. The fourth-order valence-corrected chi connectivity index (χ4v) is 5.02. The van der Waals surface area contributed by atoms with Gasteiger partial charge in [0.2, 0.25) is 5.91 Å². The number of nitrogens with one attached hydrogen (secondary N) is 1. The van der Waals surface area contributed by atoms with E-state index in [-0.39, 0.29) is 46.1 Å². The zero-order valence-corrected chi connectivity index (χ0v) is 22.2. The van der Waals surface area contributed by atoms with Crippen LogP contribution in [0.4, 0.5) is 11.4 Å². The van der Waals surface area contributed by atoms with Crippen LogP contribution in [-0.2, 0) is 9.53 Å². The van der Waals surface area contributed by atoms with E-state index in [0.29, 0.717) is 29.5 Å². The summed E-state index contributed by atoms with van der Waals surface area (Å²) in [6, 6.07) is 9.40. The van der Waals surface area contributed by atoms with Crippen molar-refractivity contribution >= 4 is 40.6 Å². The van der Waals surface area contributed by atoms with Crippen molar-refractivity contribution in [3.63, 3.8) is 0 Å². The number of benzene rings is 2. The van der Waals surface area contributed by atoms with Gasteiger partial charge < -0.3 is 36.1 Å². The van der Waals surface area contributed by atoms with Gasteiger partial charge in [0.1, 0.15) is 28.2 Å². The van der Waals surface area contributed by atoms with Gasteiger partial charge in [0.25, 0.3) is 11.8 Å². The van der Waals surface area contributed by atoms with Crippen molar-refractivity contribution < 1.29 is 33.7 Å². The van der Waals surface area contributed by atoms with Crippen molar-refractivity contribution in [2.45, 2.75) is 25.0 Å². The zero-order valence-electron chi connectivity index (χ0n) is 21.4. The molecule has 1 fully saturated rings. The Kier molecular flexibility index (Phi) is 8.52. The number of anilines is 2. The maximum absolute atomic E-state index is 14.2. The number of rotatable bonds is 10. The van der Waals surface area contributed by atoms with Gasteiger partial charge in [-0.2, -0.15) is 4.37 Å². The second-order valence-corrected chi connectivity index (χ2v) is 9.50. The predicted molar refractivity (Wildman–Crippen MR) is 144 cm³/mol. The minimum atomic E-state index is -1.25. The molecule has 2 heterocycles. The molecular weight excluding hydrogens is 526 g/mol. The summed E-state index contributed by atoms with van der Waals surface area (Å²) < 4.78 is 20.5. The predicted octanol–water partition coefficient (Wildman–Crippen LogP) is 2.23. The molecule has 1 saturated heterocycles. The minimum absolute atomic E-state index is 0.0185. The first kappa shape index (κ1) is 27.7. The Hall–Kier alpha value is -4.36. The first-order chi connectivity index (χ1) is 18.7. The lowest BCUT2D eigenvalue weighted by molar-refractivity contribution is -0.123. The fourth-order valence-electron chi connectivity index (χ4n) is 4.28. The van der Waals surface area contributed by atoms with Crippen LogP contribution in [0.2, 0.25) is 0 Å². The van der Waals surface area contributed by atoms with E-state index in [2.05, 4.69) is 9.69 Å². The lowest BCUT2D eigenvalue weighted by Gasteiger charge is -2.32. The number of aromatic nitrogens is 1. The summed E-state index contributed by atoms with van der Waals surface area (Å²) in [5.74, 6) is -1.44. The molecule has 0 bridgehead atoms. The monoisotopic (exact) mass is 555 g/mol. The molecule has 0 spiro atoms. The van der Waals surface area contributed by atoms with Crippen LogP contribution in [0.5, 0.6) is 17.2 Å². The van der Waals surface area contributed by atoms with Crippen LogP contribution in [0.1, 0.15) is 44.6 Å². The van der Waals surface area contributed by atoms with Gasteiger partial charge in [0, 0.05) is 19.2 Å². The van der Waals surface area contributed by atoms with Crippen LogP contribution in [0.3, 0.4) is 0 Å². The van der Waals surface area contributed by atoms with Gasteiger partial charge in [-0.3, -0.25) is 19.3 Å². The third-order valence-corrected chi connectivity index (χ3v) is 7.12. The standard InChI is InChI=1S/C26H29N5O7S/c1-36-16-9-10-18(19(12-16)37-2)31(26(35)23-20(27)21(24(28)33)30-39-23)22(14-5-7-15(32)8-6-14)25(34)29-13-17-4-3-11-38-17/h5-10,12,17,22,32H,3-4,11,13,27H2,1-2H3,(H2,28,33)(H,29,34)/t17-,22-/m1/s1. The van der Waals surface area contributed by atoms with Crippen LogP contribution < -0.4 is 31.2 Å². The molecule has 3 aromatic rings. The molecule has 1 aliphatic heterocycles. The van der Waals surface area contributed by atoms with Gasteiger partial charge >= 0.3 is 0 Å². The molecule has 0 saturated carbocycles. The van der Waals surface area contributed by atoms with Gasteiger partial charge in [-0.25, -0.2) is 0 Å². The van der Waals surface area contributed by atoms with Crippen LogP contribution in [0.25, 0.3) is 0 Å². The second-order valence-electron chi connectivity index (χ2n) is 8.73. The minimum Gasteiger partial charge on any atom is -0.508 e. The number of hydrogen-bond acceptors (Lipinski definition) is 10. The third kappa shape index (κ3) is 5.89. The summed E-state index contributed by atoms with van der Waals surface area (Å²) in [5, 5.41) is 12.8. The third-order valence-electron chi connectivity index (χ3n) is 6.26. The highest BCUT2D eigenvalue weighted by Crippen LogP contribution is 2.40. The number of ether oxygens (including phenoxy) is 3. The molecule has 206 valence electrons. The van der Waals surface area contributed by atoms with E-state index < -0.39 is 23.8 Å². The number of primary amides is 1. The number of hydrogen-bond donors (Lipinski definition) is 4. The summed E-state index contributed by atoms with van der Waals surface area (Å²) in [6.07, 6.45) is 1.54. The molecule has 3 amide bonds. The summed E-state index contributed by atoms with van der Waals surface area (Å²) in [4.78, 5) is 41.0. The summed E-state index contributed by atoms with van der Waals surface area (Å²) in [6.45, 7) is 0.853. The van der Waals surface area contributed by atoms with Crippen LogP contribution >= 0.6 is 11.5 Å². The Labute approximate surface area is 228 Å². The van der Waals surface area contributed by atoms with E-state index in [4.69, 9.17) is 25.7 Å². The molecule has 12 nitrogen and oxygen atoms in total. The second kappa shape index (κ2) is 12.0. The quantitative estimate of drug-likeness (QED) is 0.292. The van der Waals surface area contributed by atoms with Crippen molar-refractivity contribution in [2.75, 3.05) is 38.0 Å². The summed E-state index contributed by atoms with van der Waals surface area (Å²) >= 11 is 0.693. The smallest absolute Gasteiger partial charge is 0.273 e. The number of amides is 3. The summed E-state index contributed by atoms with van der Waals surface area (Å²) in [7, 11) is 2.90. The average Bonchev–Trinajstić information content (AvgIpc) is 3.60. The molecule has 2 atom stereocenters. The molecule has 1 aliphatic rings. The number of phenols is 1. The van der Waals surface area contributed by atoms with Gasteiger partial charge in [-0.1, -0.05) is 12.1 Å². The molecule has 0 radical (unpaired) electrons. The van der Waals surface area contributed by atoms with E-state index in [0.717, 1.165) is 12.8 Å². The number of methoxy groups -OCH3 is 2. The lowest BCUT2D eigenvalue weighted by Crippen LogP contribution is -2.45. The Morgan fingerprint density at radius 2 is 1.95 bits per heavy atom. The average molecular weight is 556 g/mol. The molecule has 1 aromatic heterocycles. The number of carbonyl (C=O) groups is 3. The van der Waals surface area contributed by atoms with E-state index in [1.807, 2.05) is 0 Å². The first-order valence-corrected chi connectivity index (χ1v) is 12.8. The molecule has 39 heavy (non-hydrogen) atoms.